The van der Waals surface area contributed by atoms with Crippen molar-refractivity contribution in [3.8, 4) is 0 Å². The molecular formula is C18H32N2O. The van der Waals surface area contributed by atoms with Crippen LogP contribution in [0.15, 0.2) is 0 Å². The fourth-order valence-electron chi connectivity index (χ4n) is 5.07. The van der Waals surface area contributed by atoms with Crippen LogP contribution in [0.5, 0.6) is 0 Å². The maximum Gasteiger partial charge on any atom is 0.230 e. The molecular weight excluding hydrogens is 260 g/mol. The van der Waals surface area contributed by atoms with Gasteiger partial charge in [-0.3, -0.25) is 4.79 Å². The van der Waals surface area contributed by atoms with E-state index in [1.54, 1.807) is 0 Å². The third kappa shape index (κ3) is 3.13. The number of carbonyl (C=O) groups excluding carboxylic acids is 1. The number of hydrogen-bond acceptors (Lipinski definition) is 2. The topological polar surface area (TPSA) is 32.3 Å². The molecule has 1 saturated carbocycles. The van der Waals surface area contributed by atoms with Crippen molar-refractivity contribution in [3.05, 3.63) is 0 Å². The van der Waals surface area contributed by atoms with Crippen molar-refractivity contribution in [2.45, 2.75) is 64.7 Å². The summed E-state index contributed by atoms with van der Waals surface area (Å²) in [5.41, 5.74) is -0.0888. The Kier molecular flexibility index (Phi) is 4.88. The van der Waals surface area contributed by atoms with Gasteiger partial charge in [-0.2, -0.15) is 0 Å². The molecule has 0 aromatic carbocycles. The number of nitrogens with zero attached hydrogens (tertiary/aromatic N) is 1. The lowest BCUT2D eigenvalue weighted by molar-refractivity contribution is -0.147. The molecule has 0 bridgehead atoms. The number of carbonyl (C=O) groups is 1. The van der Waals surface area contributed by atoms with E-state index in [1.165, 1.54) is 32.1 Å². The molecule has 2 heterocycles. The molecule has 1 N–H and O–H groups in total. The summed E-state index contributed by atoms with van der Waals surface area (Å²) in [7, 11) is 0. The van der Waals surface area contributed by atoms with Crippen LogP contribution in [0.4, 0.5) is 0 Å². The van der Waals surface area contributed by atoms with Gasteiger partial charge in [0.25, 0.3) is 0 Å². The predicted molar refractivity (Wildman–Crippen MR) is 86.1 cm³/mol. The molecule has 3 nitrogen and oxygen atoms in total. The van der Waals surface area contributed by atoms with Gasteiger partial charge in [0.1, 0.15) is 0 Å². The van der Waals surface area contributed by atoms with Crippen LogP contribution >= 0.6 is 0 Å². The fourth-order valence-corrected chi connectivity index (χ4v) is 5.07. The first-order chi connectivity index (χ1) is 10.2. The fraction of sp³-hybridized carbons (Fsp3) is 0.944. The summed E-state index contributed by atoms with van der Waals surface area (Å²) in [5, 5.41) is 3.49. The summed E-state index contributed by atoms with van der Waals surface area (Å²) in [5.74, 6) is 2.18. The maximum atomic E-state index is 13.2. The third-order valence-corrected chi connectivity index (χ3v) is 6.23. The molecule has 3 heteroatoms. The van der Waals surface area contributed by atoms with E-state index in [2.05, 4.69) is 17.1 Å². The second kappa shape index (κ2) is 6.68. The zero-order valence-corrected chi connectivity index (χ0v) is 13.7. The summed E-state index contributed by atoms with van der Waals surface area (Å²) < 4.78 is 0. The van der Waals surface area contributed by atoms with Gasteiger partial charge in [-0.15, -0.1) is 0 Å². The Hall–Kier alpha value is -0.570. The lowest BCUT2D eigenvalue weighted by Gasteiger charge is -2.46. The van der Waals surface area contributed by atoms with Gasteiger partial charge in [-0.25, -0.2) is 0 Å². The van der Waals surface area contributed by atoms with E-state index in [9.17, 15) is 4.79 Å². The average molecular weight is 292 g/mol. The molecule has 0 radical (unpaired) electrons. The molecule has 0 aromatic heterocycles. The molecule has 21 heavy (non-hydrogen) atoms. The maximum absolute atomic E-state index is 13.2. The second-order valence-corrected chi connectivity index (χ2v) is 7.66. The molecule has 1 amide bonds. The van der Waals surface area contributed by atoms with Crippen molar-refractivity contribution < 1.29 is 4.79 Å². The van der Waals surface area contributed by atoms with Crippen molar-refractivity contribution >= 4 is 5.91 Å². The van der Waals surface area contributed by atoms with Gasteiger partial charge in [0.15, 0.2) is 0 Å². The van der Waals surface area contributed by atoms with Gasteiger partial charge in [-0.05, 0) is 50.5 Å². The molecule has 3 fully saturated rings. The highest BCUT2D eigenvalue weighted by atomic mass is 16.2. The largest absolute Gasteiger partial charge is 0.342 e. The Bertz CT molecular complexity index is 357. The molecule has 2 aliphatic heterocycles. The Morgan fingerprint density at radius 1 is 1.19 bits per heavy atom. The van der Waals surface area contributed by atoms with Gasteiger partial charge < -0.3 is 10.2 Å². The van der Waals surface area contributed by atoms with Crippen molar-refractivity contribution in [2.24, 2.45) is 17.3 Å². The lowest BCUT2D eigenvalue weighted by atomic mass is 9.72. The van der Waals surface area contributed by atoms with Crippen LogP contribution in [0.3, 0.4) is 0 Å². The standard InChI is InChI=1S/C18H32N2O/c1-2-9-18(10-5-11-19-14-18)17(21)20-12-8-15-6-3-4-7-16(15)13-20/h15-16,19H,2-14H2,1H3. The Balaban J connectivity index is 1.68. The van der Waals surface area contributed by atoms with E-state index in [0.717, 1.165) is 63.7 Å². The van der Waals surface area contributed by atoms with Crippen molar-refractivity contribution in [1.29, 1.82) is 0 Å². The summed E-state index contributed by atoms with van der Waals surface area (Å²) >= 11 is 0. The monoisotopic (exact) mass is 292 g/mol. The summed E-state index contributed by atoms with van der Waals surface area (Å²) in [6.07, 6.45) is 11.2. The number of nitrogens with one attached hydrogen (secondary N) is 1. The number of likely N-dealkylation sites (tertiary alicyclic amines) is 1. The van der Waals surface area contributed by atoms with Crippen molar-refractivity contribution in [2.75, 3.05) is 26.2 Å². The first-order valence-corrected chi connectivity index (χ1v) is 9.25. The predicted octanol–water partition coefficient (Wildman–Crippen LogP) is 3.20. The lowest BCUT2D eigenvalue weighted by Crippen LogP contribution is -2.55. The first kappa shape index (κ1) is 15.3. The van der Waals surface area contributed by atoms with E-state index in [4.69, 9.17) is 0 Å². The molecule has 0 spiro atoms. The minimum absolute atomic E-state index is 0.0888. The quantitative estimate of drug-likeness (QED) is 0.866. The first-order valence-electron chi connectivity index (χ1n) is 9.25. The molecule has 2 saturated heterocycles. The number of amides is 1. The van der Waals surface area contributed by atoms with Gasteiger partial charge in [0, 0.05) is 19.6 Å². The van der Waals surface area contributed by atoms with Crippen molar-refractivity contribution in [1.82, 2.24) is 10.2 Å². The summed E-state index contributed by atoms with van der Waals surface area (Å²) in [6.45, 7) is 6.28. The van der Waals surface area contributed by atoms with Crippen LogP contribution in [0.1, 0.15) is 64.7 Å². The molecule has 3 atom stereocenters. The average Bonchev–Trinajstić information content (AvgIpc) is 2.55. The second-order valence-electron chi connectivity index (χ2n) is 7.66. The van der Waals surface area contributed by atoms with Crippen LogP contribution in [-0.2, 0) is 4.79 Å². The van der Waals surface area contributed by atoms with Crippen LogP contribution in [0.25, 0.3) is 0 Å². The van der Waals surface area contributed by atoms with Crippen LogP contribution in [-0.4, -0.2) is 37.0 Å². The highest BCUT2D eigenvalue weighted by Crippen LogP contribution is 2.39. The number of rotatable bonds is 3. The summed E-state index contributed by atoms with van der Waals surface area (Å²) in [6, 6.07) is 0. The minimum atomic E-state index is -0.0888. The van der Waals surface area contributed by atoms with Gasteiger partial charge >= 0.3 is 0 Å². The van der Waals surface area contributed by atoms with Crippen LogP contribution in [0, 0.1) is 17.3 Å². The number of hydrogen-bond donors (Lipinski definition) is 1. The molecule has 0 aromatic rings. The number of piperidine rings is 2. The number of fused-ring (bicyclic) bond motifs is 1. The van der Waals surface area contributed by atoms with Gasteiger partial charge in [0.05, 0.1) is 5.41 Å². The van der Waals surface area contributed by atoms with E-state index in [0.29, 0.717) is 5.91 Å². The van der Waals surface area contributed by atoms with E-state index < -0.39 is 0 Å². The van der Waals surface area contributed by atoms with Gasteiger partial charge in [0.2, 0.25) is 5.91 Å². The molecule has 120 valence electrons. The molecule has 3 aliphatic rings. The molecule has 3 rings (SSSR count). The van der Waals surface area contributed by atoms with E-state index >= 15 is 0 Å². The normalized spacial score (nSPS) is 37.1. The Morgan fingerprint density at radius 3 is 2.71 bits per heavy atom. The van der Waals surface area contributed by atoms with Crippen LogP contribution in [0.2, 0.25) is 0 Å². The molecule has 3 unspecified atom stereocenters. The molecule has 1 aliphatic carbocycles. The van der Waals surface area contributed by atoms with E-state index in [1.807, 2.05) is 0 Å². The van der Waals surface area contributed by atoms with E-state index in [-0.39, 0.29) is 5.41 Å². The van der Waals surface area contributed by atoms with Crippen molar-refractivity contribution in [3.63, 3.8) is 0 Å². The van der Waals surface area contributed by atoms with Crippen LogP contribution < -0.4 is 5.32 Å². The Labute approximate surface area is 129 Å². The zero-order chi connectivity index (χ0) is 14.7. The SMILES string of the molecule is CCCC1(C(=O)N2CCC3CCCCC3C2)CCCNC1. The highest BCUT2D eigenvalue weighted by Gasteiger charge is 2.43. The Morgan fingerprint density at radius 2 is 2.00 bits per heavy atom. The highest BCUT2D eigenvalue weighted by molar-refractivity contribution is 5.83. The summed E-state index contributed by atoms with van der Waals surface area (Å²) in [4.78, 5) is 15.5. The van der Waals surface area contributed by atoms with Gasteiger partial charge in [-0.1, -0.05) is 32.6 Å². The minimum Gasteiger partial charge on any atom is -0.342 e. The third-order valence-electron chi connectivity index (χ3n) is 6.23. The smallest absolute Gasteiger partial charge is 0.230 e. The zero-order valence-electron chi connectivity index (χ0n) is 13.7.